The molecule has 23 heavy (non-hydrogen) atoms. The second kappa shape index (κ2) is 7.79. The van der Waals surface area contributed by atoms with E-state index in [9.17, 15) is 4.79 Å². The van der Waals surface area contributed by atoms with Gasteiger partial charge in [0.15, 0.2) is 0 Å². The molecule has 0 heterocycles. The summed E-state index contributed by atoms with van der Waals surface area (Å²) in [5.41, 5.74) is 4.89. The maximum atomic E-state index is 11.7. The first-order valence-electron chi connectivity index (χ1n) is 7.69. The molecule has 0 aliphatic heterocycles. The minimum Gasteiger partial charge on any atom is -0.491 e. The lowest BCUT2D eigenvalue weighted by molar-refractivity contribution is 0.0526. The molecule has 0 saturated heterocycles. The highest BCUT2D eigenvalue weighted by molar-refractivity contribution is 5.90. The molecular formula is C19H22O4. The molecule has 0 fully saturated rings. The molecule has 4 heteroatoms. The summed E-state index contributed by atoms with van der Waals surface area (Å²) in [5, 5.41) is 8.85. The van der Waals surface area contributed by atoms with Gasteiger partial charge < -0.3 is 14.6 Å². The Morgan fingerprint density at radius 2 is 1.70 bits per heavy atom. The Morgan fingerprint density at radius 3 is 2.22 bits per heavy atom. The Hall–Kier alpha value is -2.33. The average Bonchev–Trinajstić information content (AvgIpc) is 2.53. The van der Waals surface area contributed by atoms with Gasteiger partial charge in [0.2, 0.25) is 0 Å². The SMILES string of the molecule is CCOC(=O)c1ccc(-c2c(C)cc(OCCO)cc2C)cc1. The van der Waals surface area contributed by atoms with Gasteiger partial charge in [-0.25, -0.2) is 4.79 Å². The molecule has 2 aromatic rings. The molecule has 0 aliphatic rings. The van der Waals surface area contributed by atoms with E-state index in [2.05, 4.69) is 0 Å². The molecule has 0 aliphatic carbocycles. The van der Waals surface area contributed by atoms with E-state index in [0.717, 1.165) is 28.0 Å². The minimum absolute atomic E-state index is 0.00479. The first-order chi connectivity index (χ1) is 11.1. The molecule has 0 saturated carbocycles. The van der Waals surface area contributed by atoms with E-state index >= 15 is 0 Å². The van der Waals surface area contributed by atoms with Crippen molar-refractivity contribution in [3.63, 3.8) is 0 Å². The predicted octanol–water partition coefficient (Wildman–Crippen LogP) is 3.52. The Bertz CT molecular complexity index is 651. The molecule has 0 unspecified atom stereocenters. The average molecular weight is 314 g/mol. The third-order valence-electron chi connectivity index (χ3n) is 3.55. The Labute approximate surface area is 136 Å². The maximum absolute atomic E-state index is 11.7. The largest absolute Gasteiger partial charge is 0.491 e. The second-order valence-electron chi connectivity index (χ2n) is 5.30. The van der Waals surface area contributed by atoms with E-state index in [4.69, 9.17) is 14.6 Å². The van der Waals surface area contributed by atoms with Crippen molar-refractivity contribution >= 4 is 5.97 Å². The van der Waals surface area contributed by atoms with Crippen LogP contribution in [0.1, 0.15) is 28.4 Å². The van der Waals surface area contributed by atoms with Gasteiger partial charge in [0, 0.05) is 0 Å². The Balaban J connectivity index is 2.29. The van der Waals surface area contributed by atoms with Gasteiger partial charge in [-0.05, 0) is 67.3 Å². The van der Waals surface area contributed by atoms with Crippen molar-refractivity contribution in [3.05, 3.63) is 53.1 Å². The lowest BCUT2D eigenvalue weighted by Crippen LogP contribution is -2.04. The quantitative estimate of drug-likeness (QED) is 0.829. The number of aryl methyl sites for hydroxylation is 2. The first kappa shape index (κ1) is 17.0. The van der Waals surface area contributed by atoms with Gasteiger partial charge in [-0.2, -0.15) is 0 Å². The van der Waals surface area contributed by atoms with Crippen molar-refractivity contribution in [3.8, 4) is 16.9 Å². The van der Waals surface area contributed by atoms with Gasteiger partial charge in [0.25, 0.3) is 0 Å². The fourth-order valence-electron chi connectivity index (χ4n) is 2.61. The monoisotopic (exact) mass is 314 g/mol. The predicted molar refractivity (Wildman–Crippen MR) is 89.9 cm³/mol. The van der Waals surface area contributed by atoms with E-state index in [1.165, 1.54) is 0 Å². The van der Waals surface area contributed by atoms with Gasteiger partial charge >= 0.3 is 5.97 Å². The van der Waals surface area contributed by atoms with Crippen LogP contribution in [0.5, 0.6) is 5.75 Å². The lowest BCUT2D eigenvalue weighted by Gasteiger charge is -2.14. The van der Waals surface area contributed by atoms with Crippen molar-refractivity contribution in [1.29, 1.82) is 0 Å². The Morgan fingerprint density at radius 1 is 1.09 bits per heavy atom. The smallest absolute Gasteiger partial charge is 0.338 e. The van der Waals surface area contributed by atoms with E-state index in [1.54, 1.807) is 19.1 Å². The van der Waals surface area contributed by atoms with Gasteiger partial charge in [-0.1, -0.05) is 12.1 Å². The summed E-state index contributed by atoms with van der Waals surface area (Å²) in [4.78, 5) is 11.7. The number of hydrogen-bond donors (Lipinski definition) is 1. The molecule has 0 aromatic heterocycles. The summed E-state index contributed by atoms with van der Waals surface area (Å²) in [6.45, 7) is 6.48. The zero-order valence-corrected chi connectivity index (χ0v) is 13.8. The molecule has 2 aromatic carbocycles. The van der Waals surface area contributed by atoms with Gasteiger partial charge in [0.1, 0.15) is 12.4 Å². The molecule has 122 valence electrons. The van der Waals surface area contributed by atoms with Crippen LogP contribution in [-0.2, 0) is 4.74 Å². The van der Waals surface area contributed by atoms with Gasteiger partial charge in [-0.15, -0.1) is 0 Å². The molecule has 0 bridgehead atoms. The van der Waals surface area contributed by atoms with Crippen LogP contribution < -0.4 is 4.74 Å². The van der Waals surface area contributed by atoms with Crippen LogP contribution in [0.3, 0.4) is 0 Å². The number of carbonyl (C=O) groups excluding carboxylic acids is 1. The summed E-state index contributed by atoms with van der Waals surface area (Å²) < 4.78 is 10.5. The number of ether oxygens (including phenoxy) is 2. The Kier molecular flexibility index (Phi) is 5.77. The van der Waals surface area contributed by atoms with Gasteiger partial charge in [-0.3, -0.25) is 0 Å². The van der Waals surface area contributed by atoms with Crippen LogP contribution in [0.4, 0.5) is 0 Å². The summed E-state index contributed by atoms with van der Waals surface area (Å²) in [7, 11) is 0. The molecule has 0 spiro atoms. The summed E-state index contributed by atoms with van der Waals surface area (Å²) in [5.74, 6) is 0.446. The van der Waals surface area contributed by atoms with Crippen molar-refractivity contribution in [2.75, 3.05) is 19.8 Å². The molecule has 2 rings (SSSR count). The van der Waals surface area contributed by atoms with Crippen LogP contribution in [0, 0.1) is 13.8 Å². The minimum atomic E-state index is -0.305. The normalized spacial score (nSPS) is 10.4. The molecular weight excluding hydrogens is 292 g/mol. The van der Waals surface area contributed by atoms with Crippen LogP contribution in [-0.4, -0.2) is 30.9 Å². The topological polar surface area (TPSA) is 55.8 Å². The number of hydrogen-bond acceptors (Lipinski definition) is 4. The summed E-state index contributed by atoms with van der Waals surface area (Å²) >= 11 is 0. The van der Waals surface area contributed by atoms with E-state index in [-0.39, 0.29) is 19.2 Å². The molecule has 1 N–H and O–H groups in total. The van der Waals surface area contributed by atoms with Crippen molar-refractivity contribution in [2.24, 2.45) is 0 Å². The van der Waals surface area contributed by atoms with Crippen molar-refractivity contribution in [1.82, 2.24) is 0 Å². The fourth-order valence-corrected chi connectivity index (χ4v) is 2.61. The maximum Gasteiger partial charge on any atom is 0.338 e. The van der Waals surface area contributed by atoms with Gasteiger partial charge in [0.05, 0.1) is 18.8 Å². The van der Waals surface area contributed by atoms with E-state index in [1.807, 2.05) is 38.1 Å². The lowest BCUT2D eigenvalue weighted by atomic mass is 9.95. The first-order valence-corrected chi connectivity index (χ1v) is 7.69. The van der Waals surface area contributed by atoms with Crippen LogP contribution in [0.15, 0.2) is 36.4 Å². The van der Waals surface area contributed by atoms with Crippen LogP contribution in [0.25, 0.3) is 11.1 Å². The number of carbonyl (C=O) groups is 1. The summed E-state index contributed by atoms with van der Waals surface area (Å²) in [6.07, 6.45) is 0. The molecule has 0 amide bonds. The molecule has 0 radical (unpaired) electrons. The molecule has 0 atom stereocenters. The zero-order valence-electron chi connectivity index (χ0n) is 13.8. The van der Waals surface area contributed by atoms with Crippen LogP contribution in [0.2, 0.25) is 0 Å². The third-order valence-corrected chi connectivity index (χ3v) is 3.55. The van der Waals surface area contributed by atoms with Crippen molar-refractivity contribution in [2.45, 2.75) is 20.8 Å². The number of aliphatic hydroxyl groups is 1. The van der Waals surface area contributed by atoms with Crippen LogP contribution >= 0.6 is 0 Å². The number of aliphatic hydroxyl groups excluding tert-OH is 1. The number of benzene rings is 2. The molecule has 4 nitrogen and oxygen atoms in total. The highest BCUT2D eigenvalue weighted by Crippen LogP contribution is 2.31. The van der Waals surface area contributed by atoms with E-state index in [0.29, 0.717) is 12.2 Å². The zero-order chi connectivity index (χ0) is 16.8. The number of esters is 1. The standard InChI is InChI=1S/C19H22O4/c1-4-22-19(21)16-7-5-15(6-8-16)18-13(2)11-17(12-14(18)3)23-10-9-20/h5-8,11-12,20H,4,9-10H2,1-3H3. The summed E-state index contributed by atoms with van der Waals surface area (Å²) in [6, 6.07) is 11.3. The highest BCUT2D eigenvalue weighted by Gasteiger charge is 2.11. The second-order valence-corrected chi connectivity index (χ2v) is 5.30. The van der Waals surface area contributed by atoms with Crippen molar-refractivity contribution < 1.29 is 19.4 Å². The number of rotatable bonds is 6. The fraction of sp³-hybridized carbons (Fsp3) is 0.316. The third kappa shape index (κ3) is 4.11. The van der Waals surface area contributed by atoms with E-state index < -0.39 is 0 Å². The highest BCUT2D eigenvalue weighted by atomic mass is 16.5.